The lowest BCUT2D eigenvalue weighted by Crippen LogP contribution is -2.35. The molecule has 1 saturated carbocycles. The van der Waals surface area contributed by atoms with Crippen LogP contribution in [0.15, 0.2) is 101 Å². The highest BCUT2D eigenvalue weighted by atomic mass is 19.1. The minimum Gasteiger partial charge on any atom is -0.493 e. The predicted molar refractivity (Wildman–Crippen MR) is 457 cm³/mol. The normalized spacial score (nSPS) is 19.1. The summed E-state index contributed by atoms with van der Waals surface area (Å²) >= 11 is 0. The molecular weight excluding hydrogens is 1400 g/mol. The Morgan fingerprint density at radius 3 is 1.24 bits per heavy atom. The van der Waals surface area contributed by atoms with Gasteiger partial charge in [-0.2, -0.15) is 0 Å². The molecular formula is C92H131FN12O7. The van der Waals surface area contributed by atoms with Crippen LogP contribution in [0.2, 0.25) is 0 Å². The van der Waals surface area contributed by atoms with Crippen molar-refractivity contribution in [1.29, 1.82) is 0 Å². The number of hydrogen-bond donors (Lipinski definition) is 0. The molecule has 8 aromatic rings. The van der Waals surface area contributed by atoms with Crippen molar-refractivity contribution in [3.8, 4) is 57.2 Å². The fourth-order valence-corrected chi connectivity index (χ4v) is 18.1. The van der Waals surface area contributed by atoms with E-state index in [-0.39, 0.29) is 0 Å². The number of fused-ring (bicyclic) bond motifs is 3. The summed E-state index contributed by atoms with van der Waals surface area (Å²) in [6, 6.07) is 33.7. The van der Waals surface area contributed by atoms with Gasteiger partial charge in [-0.25, -0.2) is 14.4 Å². The number of likely N-dealkylation sites (tertiary alicyclic amines) is 6. The zero-order chi connectivity index (χ0) is 77.9. The average molecular weight is 1540 g/mol. The average Bonchev–Trinajstić information content (AvgIpc) is 1.21. The Labute approximate surface area is 668 Å². The molecule has 20 heteroatoms. The number of ether oxygens (including phenoxy) is 6. The summed E-state index contributed by atoms with van der Waals surface area (Å²) in [4.78, 5) is 37.1. The van der Waals surface area contributed by atoms with Gasteiger partial charge in [0.25, 0.3) is 0 Å². The third kappa shape index (κ3) is 22.2. The van der Waals surface area contributed by atoms with Crippen molar-refractivity contribution < 1.29 is 37.2 Å². The van der Waals surface area contributed by atoms with Crippen LogP contribution in [0.1, 0.15) is 139 Å². The number of piperidine rings is 3. The van der Waals surface area contributed by atoms with Gasteiger partial charge in [-0.05, 0) is 263 Å². The number of aryl methyl sites for hydroxylation is 1. The Bertz CT molecular complexity index is 4240. The Morgan fingerprint density at radius 1 is 0.420 bits per heavy atom. The minimum absolute atomic E-state index is 0.534. The number of anilines is 3. The molecule has 10 heterocycles. The number of aromatic nitrogens is 3. The third-order valence-corrected chi connectivity index (χ3v) is 24.9. The van der Waals surface area contributed by atoms with Gasteiger partial charge in [0.2, 0.25) is 0 Å². The number of hydrogen-bond acceptors (Lipinski definition) is 19. The van der Waals surface area contributed by atoms with E-state index in [2.05, 4.69) is 159 Å². The highest BCUT2D eigenvalue weighted by Crippen LogP contribution is 2.44. The number of rotatable bonds is 30. The summed E-state index contributed by atoms with van der Waals surface area (Å²) in [6.07, 6.45) is 22.1. The Kier molecular flexibility index (Phi) is 29.8. The van der Waals surface area contributed by atoms with E-state index in [1.165, 1.54) is 171 Å². The van der Waals surface area contributed by atoms with Crippen molar-refractivity contribution >= 4 is 49.8 Å². The Morgan fingerprint density at radius 2 is 0.830 bits per heavy atom. The quantitative estimate of drug-likeness (QED) is 0.0395. The van der Waals surface area contributed by atoms with E-state index < -0.39 is 6.17 Å². The van der Waals surface area contributed by atoms with Crippen LogP contribution >= 0.6 is 0 Å². The molecule has 0 radical (unpaired) electrons. The van der Waals surface area contributed by atoms with E-state index >= 15 is 0 Å². The maximum atomic E-state index is 13.5. The molecule has 0 spiro atoms. The second-order valence-electron chi connectivity index (χ2n) is 33.6. The lowest BCUT2D eigenvalue weighted by Gasteiger charge is -2.33. The van der Waals surface area contributed by atoms with Crippen molar-refractivity contribution in [2.75, 3.05) is 216 Å². The monoisotopic (exact) mass is 1540 g/mol. The SMILES string of the molecule is COc1cc2c(N(C)CC3CCN(C)CC3)cc(-c3ccc(C)o3)nc2cc1OCCCN1CCC(F)C1.COc1cc2c(N(C)CC3CCN(C)CC3)cc(-c3ccccc3)nc2cc1OCCCN1CCCC1.COc1cc2c(N(C)CC3CCN(C)CC3)cc(C3CCCCC3)nc2cc1OCCCN1CCCC1. The first-order valence-electron chi connectivity index (χ1n) is 42.7. The first-order chi connectivity index (χ1) is 54.6. The highest BCUT2D eigenvalue weighted by molar-refractivity contribution is 5.98. The van der Waals surface area contributed by atoms with Crippen LogP contribution in [0.25, 0.3) is 55.4 Å². The van der Waals surface area contributed by atoms with Gasteiger partial charge >= 0.3 is 0 Å². The molecule has 1 unspecified atom stereocenters. The van der Waals surface area contributed by atoms with Gasteiger partial charge in [-0.3, -0.25) is 4.98 Å². The van der Waals surface area contributed by atoms with E-state index in [1.54, 1.807) is 21.3 Å². The molecule has 6 aliphatic heterocycles. The summed E-state index contributed by atoms with van der Waals surface area (Å²) in [5.74, 6) is 8.84. The van der Waals surface area contributed by atoms with Crippen LogP contribution in [0, 0.1) is 24.7 Å². The topological polar surface area (TPSA) is 136 Å². The van der Waals surface area contributed by atoms with E-state index in [1.807, 2.05) is 31.2 Å². The molecule has 112 heavy (non-hydrogen) atoms. The standard InChI is InChI=1S/C31H48N4O2.C31H42N4O2.C30H41FN4O3/c2*1-33-17-12-24(13-18-33)23-34(2)29-21-27(25-10-5-4-6-11-25)32-28-22-31(30(36-3)20-26(28)29)37-19-9-16-35-14-7-8-15-35;1-21-6-7-28(38-21)26-17-27(34(3)19-22-8-12-33(2)13-9-22)24-16-29(36-4)30(18-25(24)32-26)37-15-5-11-35-14-10-23(31)20-35/h20-22,24-25H,4-19,23H2,1-3H3;4-6,10-11,20-22,24H,7-9,12-19,23H2,1-3H3;6-7,16-18,22-23H,5,8-15,19-20H2,1-4H3. The molecule has 0 N–H and O–H groups in total. The maximum absolute atomic E-state index is 13.5. The van der Waals surface area contributed by atoms with Crippen LogP contribution in [0.3, 0.4) is 0 Å². The molecule has 0 amide bonds. The summed E-state index contributed by atoms with van der Waals surface area (Å²) in [5.41, 5.74) is 10.6. The first-order valence-corrected chi connectivity index (χ1v) is 42.7. The zero-order valence-corrected chi connectivity index (χ0v) is 69.5. The van der Waals surface area contributed by atoms with E-state index in [0.717, 1.165) is 169 Å². The molecule has 608 valence electrons. The van der Waals surface area contributed by atoms with Crippen LogP contribution in [-0.2, 0) is 0 Å². The minimum atomic E-state index is -0.693. The molecule has 7 aliphatic rings. The second-order valence-corrected chi connectivity index (χ2v) is 33.6. The number of nitrogens with zero attached hydrogens (tertiary/aromatic N) is 12. The molecule has 6 saturated heterocycles. The van der Waals surface area contributed by atoms with Gasteiger partial charge in [0.15, 0.2) is 40.3 Å². The molecule has 7 fully saturated rings. The summed E-state index contributed by atoms with van der Waals surface area (Å²) < 4.78 is 55.6. The third-order valence-electron chi connectivity index (χ3n) is 24.9. The number of halogens is 1. The van der Waals surface area contributed by atoms with Crippen LogP contribution in [0.4, 0.5) is 21.5 Å². The van der Waals surface area contributed by atoms with Crippen molar-refractivity contribution in [2.24, 2.45) is 17.8 Å². The summed E-state index contributed by atoms with van der Waals surface area (Å²) in [7, 11) is 18.5. The lowest BCUT2D eigenvalue weighted by molar-refractivity contribution is 0.222. The van der Waals surface area contributed by atoms with Crippen LogP contribution in [0.5, 0.6) is 34.5 Å². The maximum Gasteiger partial charge on any atom is 0.163 e. The zero-order valence-electron chi connectivity index (χ0n) is 69.5. The van der Waals surface area contributed by atoms with Crippen LogP contribution in [-0.4, -0.2) is 252 Å². The number of pyridine rings is 3. The highest BCUT2D eigenvalue weighted by Gasteiger charge is 2.29. The van der Waals surface area contributed by atoms with E-state index in [9.17, 15) is 4.39 Å². The van der Waals surface area contributed by atoms with Gasteiger partial charge in [0.05, 0.1) is 63.4 Å². The van der Waals surface area contributed by atoms with Crippen molar-refractivity contribution in [1.82, 2.24) is 44.4 Å². The number of alkyl halides is 1. The molecule has 19 nitrogen and oxygen atoms in total. The number of methoxy groups -OCH3 is 3. The predicted octanol–water partition coefficient (Wildman–Crippen LogP) is 16.9. The van der Waals surface area contributed by atoms with Gasteiger partial charge in [0, 0.05) is 142 Å². The van der Waals surface area contributed by atoms with E-state index in [0.29, 0.717) is 62.0 Å². The van der Waals surface area contributed by atoms with Gasteiger partial charge in [0.1, 0.15) is 17.6 Å². The first kappa shape index (κ1) is 82.3. The summed E-state index contributed by atoms with van der Waals surface area (Å²) in [5, 5.41) is 3.32. The Balaban J connectivity index is 0.000000147. The van der Waals surface area contributed by atoms with Gasteiger partial charge < -0.3 is 76.9 Å². The molecule has 1 aliphatic carbocycles. The molecule has 1 atom stereocenters. The lowest BCUT2D eigenvalue weighted by atomic mass is 9.86. The fraction of sp³-hybridized carbons (Fsp3) is 0.598. The molecule has 4 aromatic carbocycles. The summed E-state index contributed by atoms with van der Waals surface area (Å²) in [6.45, 7) is 23.4. The number of furan rings is 1. The van der Waals surface area contributed by atoms with Crippen molar-refractivity contribution in [2.45, 2.75) is 141 Å². The fourth-order valence-electron chi connectivity index (χ4n) is 18.1. The van der Waals surface area contributed by atoms with Crippen molar-refractivity contribution in [3.63, 3.8) is 0 Å². The van der Waals surface area contributed by atoms with Crippen molar-refractivity contribution in [3.05, 3.63) is 109 Å². The number of benzene rings is 4. The largest absolute Gasteiger partial charge is 0.493 e. The van der Waals surface area contributed by atoms with Crippen LogP contribution < -0.4 is 43.1 Å². The van der Waals surface area contributed by atoms with E-state index in [4.69, 9.17) is 47.8 Å². The Hall–Kier alpha value is -7.72. The van der Waals surface area contributed by atoms with Gasteiger partial charge in [-0.1, -0.05) is 49.6 Å². The molecule has 4 aromatic heterocycles. The smallest absolute Gasteiger partial charge is 0.163 e. The molecule has 0 bridgehead atoms. The molecule has 15 rings (SSSR count). The second kappa shape index (κ2) is 40.5. The van der Waals surface area contributed by atoms with Gasteiger partial charge in [-0.15, -0.1) is 0 Å².